The number of nitrogens with one attached hydrogen (secondary N) is 2. The lowest BCUT2D eigenvalue weighted by Gasteiger charge is -2.17. The first-order valence-electron chi connectivity index (χ1n) is 7.43. The van der Waals surface area contributed by atoms with Crippen molar-refractivity contribution >= 4 is 29.8 Å². The fourth-order valence-corrected chi connectivity index (χ4v) is 2.19. The number of anilines is 1. The molecule has 7 nitrogen and oxygen atoms in total. The van der Waals surface area contributed by atoms with Crippen LogP contribution < -0.4 is 10.6 Å². The first-order valence-corrected chi connectivity index (χ1v) is 7.43. The van der Waals surface area contributed by atoms with Crippen molar-refractivity contribution < 1.29 is 24.3 Å². The highest BCUT2D eigenvalue weighted by Crippen LogP contribution is 2.11. The molecule has 7 heteroatoms. The van der Waals surface area contributed by atoms with Crippen molar-refractivity contribution in [2.75, 3.05) is 5.32 Å². The minimum absolute atomic E-state index is 0.0908. The molecular formula is C18H16N2O5. The zero-order valence-electron chi connectivity index (χ0n) is 13.1. The molecule has 1 atom stereocenters. The summed E-state index contributed by atoms with van der Waals surface area (Å²) in [6.45, 7) is 0. The van der Waals surface area contributed by atoms with Crippen LogP contribution in [-0.2, 0) is 20.8 Å². The van der Waals surface area contributed by atoms with Crippen LogP contribution in [0.3, 0.4) is 0 Å². The molecule has 0 saturated heterocycles. The SMILES string of the molecule is O=CC(=O)NC(Cc1ccccc1)C(=O)Nc1ccc(C(=O)O)cc1. The molecule has 0 fully saturated rings. The Labute approximate surface area is 143 Å². The Morgan fingerprint density at radius 2 is 1.64 bits per heavy atom. The van der Waals surface area contributed by atoms with Crippen molar-refractivity contribution in [1.82, 2.24) is 5.32 Å². The van der Waals surface area contributed by atoms with Crippen LogP contribution in [0.5, 0.6) is 0 Å². The molecule has 1 unspecified atom stereocenters. The molecule has 0 heterocycles. The molecule has 2 aromatic rings. The van der Waals surface area contributed by atoms with E-state index in [1.165, 1.54) is 24.3 Å². The van der Waals surface area contributed by atoms with Crippen molar-refractivity contribution in [2.45, 2.75) is 12.5 Å². The molecule has 25 heavy (non-hydrogen) atoms. The van der Waals surface area contributed by atoms with Gasteiger partial charge in [-0.25, -0.2) is 4.79 Å². The molecule has 0 aliphatic carbocycles. The van der Waals surface area contributed by atoms with E-state index in [1.54, 1.807) is 24.3 Å². The summed E-state index contributed by atoms with van der Waals surface area (Å²) in [6, 6.07) is 13.7. The van der Waals surface area contributed by atoms with Crippen LogP contribution >= 0.6 is 0 Å². The minimum atomic E-state index is -1.07. The van der Waals surface area contributed by atoms with Crippen LogP contribution in [0.4, 0.5) is 5.69 Å². The second-order valence-electron chi connectivity index (χ2n) is 5.24. The van der Waals surface area contributed by atoms with Gasteiger partial charge in [-0.2, -0.15) is 0 Å². The van der Waals surface area contributed by atoms with E-state index in [9.17, 15) is 19.2 Å². The highest BCUT2D eigenvalue weighted by atomic mass is 16.4. The van der Waals surface area contributed by atoms with E-state index in [0.29, 0.717) is 5.69 Å². The molecule has 0 spiro atoms. The number of carbonyl (C=O) groups is 4. The maximum absolute atomic E-state index is 12.4. The molecule has 128 valence electrons. The summed E-state index contributed by atoms with van der Waals surface area (Å²) >= 11 is 0. The maximum Gasteiger partial charge on any atom is 0.335 e. The van der Waals surface area contributed by atoms with E-state index in [2.05, 4.69) is 10.6 Å². The highest BCUT2D eigenvalue weighted by Gasteiger charge is 2.21. The van der Waals surface area contributed by atoms with E-state index in [0.717, 1.165) is 5.56 Å². The van der Waals surface area contributed by atoms with E-state index >= 15 is 0 Å². The number of benzene rings is 2. The van der Waals surface area contributed by atoms with Gasteiger partial charge in [0.1, 0.15) is 6.04 Å². The maximum atomic E-state index is 12.4. The lowest BCUT2D eigenvalue weighted by molar-refractivity contribution is -0.133. The predicted molar refractivity (Wildman–Crippen MR) is 90.2 cm³/mol. The zero-order chi connectivity index (χ0) is 18.2. The number of carboxylic acids is 1. The average Bonchev–Trinajstić information content (AvgIpc) is 2.62. The molecular weight excluding hydrogens is 324 g/mol. The van der Waals surface area contributed by atoms with Crippen molar-refractivity contribution in [2.24, 2.45) is 0 Å². The summed E-state index contributed by atoms with van der Waals surface area (Å²) in [5.41, 5.74) is 1.29. The van der Waals surface area contributed by atoms with Gasteiger partial charge in [0, 0.05) is 12.1 Å². The Kier molecular flexibility index (Phi) is 6.00. The van der Waals surface area contributed by atoms with Crippen molar-refractivity contribution in [3.63, 3.8) is 0 Å². The van der Waals surface area contributed by atoms with Gasteiger partial charge >= 0.3 is 5.97 Å². The lowest BCUT2D eigenvalue weighted by Crippen LogP contribution is -2.45. The Bertz CT molecular complexity index is 772. The Morgan fingerprint density at radius 1 is 1.00 bits per heavy atom. The van der Waals surface area contributed by atoms with Crippen LogP contribution in [0.15, 0.2) is 54.6 Å². The molecule has 0 aliphatic heterocycles. The number of aldehydes is 1. The molecule has 2 aromatic carbocycles. The standard InChI is InChI=1S/C18H16N2O5/c21-11-16(22)20-15(10-12-4-2-1-3-5-12)17(23)19-14-8-6-13(7-9-14)18(24)25/h1-9,11,15H,10H2,(H,19,23)(H,20,22)(H,24,25). The number of carboxylic acid groups (broad SMARTS) is 1. The molecule has 0 saturated carbocycles. The van der Waals surface area contributed by atoms with Gasteiger partial charge in [0.2, 0.25) is 12.2 Å². The van der Waals surface area contributed by atoms with Gasteiger partial charge in [0.25, 0.3) is 5.91 Å². The summed E-state index contributed by atoms with van der Waals surface area (Å²) in [7, 11) is 0. The Hall–Kier alpha value is -3.48. The summed E-state index contributed by atoms with van der Waals surface area (Å²) in [5.74, 6) is -2.47. The number of aromatic carboxylic acids is 1. The number of hydrogen-bond acceptors (Lipinski definition) is 4. The molecule has 0 aromatic heterocycles. The monoisotopic (exact) mass is 340 g/mol. The predicted octanol–water partition coefficient (Wildman–Crippen LogP) is 1.25. The van der Waals surface area contributed by atoms with Crippen LogP contribution in [0, 0.1) is 0 Å². The third kappa shape index (κ3) is 5.28. The van der Waals surface area contributed by atoms with Crippen LogP contribution in [0.2, 0.25) is 0 Å². The van der Waals surface area contributed by atoms with Crippen molar-refractivity contribution in [1.29, 1.82) is 0 Å². The minimum Gasteiger partial charge on any atom is -0.478 e. The van der Waals surface area contributed by atoms with Crippen LogP contribution in [0.25, 0.3) is 0 Å². The number of rotatable bonds is 7. The number of hydrogen-bond donors (Lipinski definition) is 3. The van der Waals surface area contributed by atoms with Crippen molar-refractivity contribution in [3.05, 3.63) is 65.7 Å². The largest absolute Gasteiger partial charge is 0.478 e. The van der Waals surface area contributed by atoms with Gasteiger partial charge in [-0.15, -0.1) is 0 Å². The smallest absolute Gasteiger partial charge is 0.335 e. The van der Waals surface area contributed by atoms with Gasteiger partial charge in [0.15, 0.2) is 0 Å². The van der Waals surface area contributed by atoms with Gasteiger partial charge in [-0.1, -0.05) is 30.3 Å². The summed E-state index contributed by atoms with van der Waals surface area (Å²) in [6.07, 6.45) is 0.312. The topological polar surface area (TPSA) is 113 Å². The quantitative estimate of drug-likeness (QED) is 0.519. The van der Waals surface area contributed by atoms with E-state index in [-0.39, 0.29) is 18.3 Å². The van der Waals surface area contributed by atoms with E-state index in [1.807, 2.05) is 6.07 Å². The molecule has 2 rings (SSSR count). The molecule has 0 radical (unpaired) electrons. The molecule has 3 N–H and O–H groups in total. The van der Waals surface area contributed by atoms with Crippen LogP contribution in [-0.4, -0.2) is 35.2 Å². The molecule has 0 aliphatic rings. The average molecular weight is 340 g/mol. The fourth-order valence-electron chi connectivity index (χ4n) is 2.19. The van der Waals surface area contributed by atoms with Crippen molar-refractivity contribution in [3.8, 4) is 0 Å². The van der Waals surface area contributed by atoms with E-state index in [4.69, 9.17) is 5.11 Å². The Balaban J connectivity index is 2.12. The fraction of sp³-hybridized carbons (Fsp3) is 0.111. The summed E-state index contributed by atoms with van der Waals surface area (Å²) in [4.78, 5) is 45.2. The number of carbonyl (C=O) groups excluding carboxylic acids is 3. The molecule has 2 amide bonds. The van der Waals surface area contributed by atoms with Gasteiger partial charge in [0.05, 0.1) is 5.56 Å². The second-order valence-corrected chi connectivity index (χ2v) is 5.24. The highest BCUT2D eigenvalue weighted by molar-refractivity contribution is 6.24. The van der Waals surface area contributed by atoms with Gasteiger partial charge in [-0.05, 0) is 29.8 Å². The van der Waals surface area contributed by atoms with Crippen LogP contribution in [0.1, 0.15) is 15.9 Å². The lowest BCUT2D eigenvalue weighted by atomic mass is 10.0. The van der Waals surface area contributed by atoms with Gasteiger partial charge < -0.3 is 15.7 Å². The third-order valence-electron chi connectivity index (χ3n) is 3.42. The first-order chi connectivity index (χ1) is 12.0. The molecule has 0 bridgehead atoms. The first kappa shape index (κ1) is 17.9. The zero-order valence-corrected chi connectivity index (χ0v) is 13.1. The summed E-state index contributed by atoms with van der Waals surface area (Å²) < 4.78 is 0. The second kappa shape index (κ2) is 8.39. The van der Waals surface area contributed by atoms with E-state index < -0.39 is 23.8 Å². The number of amides is 2. The Morgan fingerprint density at radius 3 is 2.20 bits per heavy atom. The third-order valence-corrected chi connectivity index (χ3v) is 3.42. The summed E-state index contributed by atoms with van der Waals surface area (Å²) in [5, 5.41) is 13.8. The van der Waals surface area contributed by atoms with Gasteiger partial charge in [-0.3, -0.25) is 14.4 Å². The normalized spacial score (nSPS) is 11.2.